The van der Waals surface area contributed by atoms with Crippen LogP contribution in [0.25, 0.3) is 11.0 Å². The lowest BCUT2D eigenvalue weighted by atomic mass is 9.85. The van der Waals surface area contributed by atoms with Crippen LogP contribution in [0.15, 0.2) is 74.7 Å². The van der Waals surface area contributed by atoms with Crippen LogP contribution in [0.3, 0.4) is 0 Å². The predicted octanol–water partition coefficient (Wildman–Crippen LogP) is 1.15. The normalized spacial score (nSPS) is 22.7. The van der Waals surface area contributed by atoms with Crippen molar-refractivity contribution in [2.24, 2.45) is 4.99 Å². The Hall–Kier alpha value is -4.12. The number of phenolic OH excluding ortho intramolecular Hbond substituents is 1. The second-order valence-corrected chi connectivity index (χ2v) is 13.4. The van der Waals surface area contributed by atoms with Crippen molar-refractivity contribution in [3.63, 3.8) is 0 Å². The molecule has 50 heavy (non-hydrogen) atoms. The van der Waals surface area contributed by atoms with Gasteiger partial charge < -0.3 is 50.0 Å². The minimum absolute atomic E-state index is 0.00902. The fourth-order valence-corrected chi connectivity index (χ4v) is 6.60. The number of phenols is 1. The highest BCUT2D eigenvalue weighted by molar-refractivity contribution is 6.12. The molecule has 7 N–H and O–H groups in total. The molecule has 0 saturated heterocycles. The Kier molecular flexibility index (Phi) is 10.2. The first-order valence-corrected chi connectivity index (χ1v) is 16.5. The summed E-state index contributed by atoms with van der Waals surface area (Å²) in [5, 5.41) is 65.9. The van der Waals surface area contributed by atoms with Crippen LogP contribution in [0.1, 0.15) is 30.2 Å². The molecule has 1 aromatic heterocycles. The van der Waals surface area contributed by atoms with E-state index in [1.54, 1.807) is 19.2 Å². The Bertz CT molecular complexity index is 1870. The summed E-state index contributed by atoms with van der Waals surface area (Å²) in [6.07, 6.45) is -0.446. The average Bonchev–Trinajstić information content (AvgIpc) is 3.70. The van der Waals surface area contributed by atoms with Gasteiger partial charge in [0.05, 0.1) is 24.2 Å². The van der Waals surface area contributed by atoms with Crippen molar-refractivity contribution in [2.45, 2.75) is 68.7 Å². The number of aryl methyl sites for hydroxylation is 1. The van der Waals surface area contributed by atoms with Gasteiger partial charge >= 0.3 is 0 Å². The summed E-state index contributed by atoms with van der Waals surface area (Å²) in [7, 11) is 1.81. The zero-order valence-corrected chi connectivity index (χ0v) is 28.1. The Morgan fingerprint density at radius 2 is 1.96 bits per heavy atom. The number of allylic oxidation sites excluding steroid dienone is 1. The number of aliphatic hydroxyl groups is 5. The van der Waals surface area contributed by atoms with E-state index in [0.717, 1.165) is 11.3 Å². The molecule has 0 spiro atoms. The minimum atomic E-state index is -2.22. The minimum Gasteiger partial charge on any atom is -0.508 e. The monoisotopic (exact) mass is 693 g/mol. The van der Waals surface area contributed by atoms with Crippen molar-refractivity contribution in [2.75, 3.05) is 38.3 Å². The summed E-state index contributed by atoms with van der Waals surface area (Å²) in [6, 6.07) is 9.01. The smallest absolute Gasteiger partial charge is 0.193 e. The van der Waals surface area contributed by atoms with Crippen molar-refractivity contribution in [1.29, 1.82) is 0 Å². The van der Waals surface area contributed by atoms with E-state index in [0.29, 0.717) is 58.8 Å². The number of hydrogen-bond donors (Lipinski definition) is 7. The number of fused-ring (bicyclic) bond motifs is 3. The third kappa shape index (κ3) is 6.93. The highest BCUT2D eigenvalue weighted by Crippen LogP contribution is 2.47. The molecule has 3 aromatic rings. The van der Waals surface area contributed by atoms with Crippen LogP contribution in [0.5, 0.6) is 11.5 Å². The second kappa shape index (κ2) is 14.2. The third-order valence-electron chi connectivity index (χ3n) is 9.56. The zero-order chi connectivity index (χ0) is 35.8. The van der Waals surface area contributed by atoms with E-state index in [1.807, 2.05) is 31.1 Å². The number of aliphatic hydroxyl groups excluding tert-OH is 4. The van der Waals surface area contributed by atoms with Gasteiger partial charge in [-0.05, 0) is 57.3 Å². The lowest BCUT2D eigenvalue weighted by molar-refractivity contribution is -0.371. The zero-order valence-electron chi connectivity index (χ0n) is 28.1. The van der Waals surface area contributed by atoms with E-state index in [1.165, 1.54) is 30.3 Å². The number of anilines is 1. The molecule has 0 fully saturated rings. The fourth-order valence-electron chi connectivity index (χ4n) is 6.60. The van der Waals surface area contributed by atoms with Gasteiger partial charge in [-0.3, -0.25) is 9.79 Å². The van der Waals surface area contributed by atoms with E-state index >= 15 is 0 Å². The molecule has 2 aromatic carbocycles. The molecule has 0 saturated carbocycles. The number of ether oxygens (including phenoxy) is 1. The van der Waals surface area contributed by atoms with Crippen LogP contribution in [0.4, 0.5) is 5.69 Å². The molecule has 4 heterocycles. The van der Waals surface area contributed by atoms with Gasteiger partial charge in [-0.2, -0.15) is 0 Å². The van der Waals surface area contributed by atoms with Gasteiger partial charge in [0.1, 0.15) is 59.4 Å². The predicted molar refractivity (Wildman–Crippen MR) is 183 cm³/mol. The van der Waals surface area contributed by atoms with Crippen LogP contribution < -0.4 is 20.4 Å². The van der Waals surface area contributed by atoms with Crippen molar-refractivity contribution >= 4 is 22.4 Å². The van der Waals surface area contributed by atoms with E-state index in [-0.39, 0.29) is 24.0 Å². The average molecular weight is 694 g/mol. The number of benzene rings is 2. The van der Waals surface area contributed by atoms with Crippen molar-refractivity contribution < 1.29 is 49.6 Å². The summed E-state index contributed by atoms with van der Waals surface area (Å²) in [6.45, 7) is 3.04. The molecular weight excluding hydrogens is 650 g/mol. The summed E-state index contributed by atoms with van der Waals surface area (Å²) >= 11 is 0. The standard InChI is InChI=1S/C36H43N3O11/c1-20-12-27(42)25-13-23-14-29(50-47-19-36(46,34(45)31(44)28(43)18-40)15-21-4-6-24(41)7-5-21)35(2,9-11-37-3)49-32(23)30(33(25)48-20)39-16-22-8-10-38-26(22)17-39/h4-8,10,12-13,16,28-29,31,34,37,40-41,43-46H,9,11,14-15,17-19H2,1-3H3/t28-,29-,31-,34+,35+,36+/m1/s1. The first-order chi connectivity index (χ1) is 23.9. The van der Waals surface area contributed by atoms with Gasteiger partial charge in [0, 0.05) is 48.9 Å². The van der Waals surface area contributed by atoms with Gasteiger partial charge in [0.2, 0.25) is 0 Å². The summed E-state index contributed by atoms with van der Waals surface area (Å²) in [5.74, 6) is 0.965. The van der Waals surface area contributed by atoms with E-state index < -0.39 is 48.8 Å². The molecule has 268 valence electrons. The Morgan fingerprint density at radius 1 is 1.20 bits per heavy atom. The van der Waals surface area contributed by atoms with Crippen LogP contribution in [-0.4, -0.2) is 105 Å². The Balaban J connectivity index is 1.33. The first-order valence-electron chi connectivity index (χ1n) is 16.5. The van der Waals surface area contributed by atoms with E-state index in [2.05, 4.69) is 10.3 Å². The molecule has 0 amide bonds. The molecule has 3 aliphatic heterocycles. The molecule has 14 nitrogen and oxygen atoms in total. The maximum Gasteiger partial charge on any atom is 0.193 e. The molecule has 0 unspecified atom stereocenters. The van der Waals surface area contributed by atoms with E-state index in [9.17, 15) is 35.4 Å². The van der Waals surface area contributed by atoms with Crippen molar-refractivity contribution in [3.05, 3.63) is 87.6 Å². The highest BCUT2D eigenvalue weighted by atomic mass is 17.2. The van der Waals surface area contributed by atoms with Gasteiger partial charge in [0.15, 0.2) is 16.8 Å². The molecule has 6 rings (SSSR count). The largest absolute Gasteiger partial charge is 0.508 e. The second-order valence-electron chi connectivity index (χ2n) is 13.4. The summed E-state index contributed by atoms with van der Waals surface area (Å²) in [4.78, 5) is 31.4. The number of nitrogens with one attached hydrogen (secondary N) is 1. The van der Waals surface area contributed by atoms with E-state index in [4.69, 9.17) is 18.9 Å². The lowest BCUT2D eigenvalue weighted by Crippen LogP contribution is -2.58. The maximum atomic E-state index is 13.3. The van der Waals surface area contributed by atoms with Crippen molar-refractivity contribution in [3.8, 4) is 11.5 Å². The number of aliphatic imine (C=N–C) groups is 1. The summed E-state index contributed by atoms with van der Waals surface area (Å²) < 4.78 is 13.0. The Morgan fingerprint density at radius 3 is 2.66 bits per heavy atom. The van der Waals surface area contributed by atoms with Crippen LogP contribution in [-0.2, 0) is 22.6 Å². The maximum absolute atomic E-state index is 13.3. The Labute approximate surface area is 288 Å². The topological polar surface area (TPSA) is 207 Å². The SMILES string of the molecule is CNCC[C@]1(C)Oc2c(cc3c(=O)cc(C)oc3c2N2C=C3C=CN=C3C2)C[C@H]1OOC[C@@](O)(Cc1ccc(O)cc1)[C@@H](O)[C@H](O)[C@H](O)CO. The third-order valence-corrected chi connectivity index (χ3v) is 9.56. The number of hydrogen-bond acceptors (Lipinski definition) is 14. The number of aromatic hydroxyl groups is 1. The highest BCUT2D eigenvalue weighted by Gasteiger charge is 2.47. The van der Waals surface area contributed by atoms with Crippen LogP contribution >= 0.6 is 0 Å². The van der Waals surface area contributed by atoms with Crippen LogP contribution in [0, 0.1) is 6.92 Å². The molecule has 6 atom stereocenters. The summed E-state index contributed by atoms with van der Waals surface area (Å²) in [5.41, 5.74) is 0.485. The fraction of sp³-hybridized carbons (Fsp3) is 0.444. The lowest BCUT2D eigenvalue weighted by Gasteiger charge is -2.43. The molecule has 0 radical (unpaired) electrons. The van der Waals surface area contributed by atoms with Gasteiger partial charge in [-0.25, -0.2) is 9.78 Å². The number of rotatable bonds is 14. The molecule has 0 bridgehead atoms. The first kappa shape index (κ1) is 35.7. The molecule has 3 aliphatic rings. The van der Waals surface area contributed by atoms with Crippen LogP contribution in [0.2, 0.25) is 0 Å². The van der Waals surface area contributed by atoms with Gasteiger partial charge in [0.25, 0.3) is 0 Å². The van der Waals surface area contributed by atoms with Crippen molar-refractivity contribution in [1.82, 2.24) is 5.32 Å². The quantitative estimate of drug-likeness (QED) is 0.0936. The number of nitrogens with zero attached hydrogens (tertiary/aromatic N) is 2. The molecular formula is C36H43N3O11. The molecule has 14 heteroatoms. The van der Waals surface area contributed by atoms with Gasteiger partial charge in [-0.1, -0.05) is 12.1 Å². The van der Waals surface area contributed by atoms with Gasteiger partial charge in [-0.15, -0.1) is 0 Å². The molecule has 0 aliphatic carbocycles.